The maximum absolute atomic E-state index is 13.9. The molecule has 6 rings (SSSR count). The number of carbonyl (C=O) groups is 2. The van der Waals surface area contributed by atoms with E-state index in [4.69, 9.17) is 24.5 Å². The molecule has 4 heterocycles. The van der Waals surface area contributed by atoms with Gasteiger partial charge in [0.25, 0.3) is 0 Å². The Balaban J connectivity index is 1.43. The standard InChI is InChI=1S/C27H39N7O4/c1-15-6-8-17(9-7-15)14-34-20-22(28-16(2)18-4-3-5-18)29-24(25-32-27(36)38-33-25)30-23(20)31-26(34)21(35)19-10-12-37-13-11-19/h15-19,25,33H,3-14H2,1-2H3,(H,32,36)(H,28,29,30)/t15?,16-,17?,25?/m1/s1. The number of imidazole rings is 1. The smallest absolute Gasteiger partial charge is 0.381 e. The van der Waals surface area contributed by atoms with E-state index >= 15 is 0 Å². The van der Waals surface area contributed by atoms with Gasteiger partial charge in [0.2, 0.25) is 5.78 Å². The summed E-state index contributed by atoms with van der Waals surface area (Å²) in [5.41, 5.74) is 3.90. The van der Waals surface area contributed by atoms with Gasteiger partial charge < -0.3 is 19.5 Å². The summed E-state index contributed by atoms with van der Waals surface area (Å²) in [6.07, 6.45) is 8.47. The molecule has 2 aromatic heterocycles. The number of aromatic nitrogens is 4. The van der Waals surface area contributed by atoms with Gasteiger partial charge in [0.05, 0.1) is 0 Å². The Morgan fingerprint density at radius 3 is 2.50 bits per heavy atom. The number of ketones is 1. The van der Waals surface area contributed by atoms with E-state index in [1.54, 1.807) is 0 Å². The number of Topliss-reactive ketones (excluding diaryl/α,β-unsaturated/α-hetero) is 1. The van der Waals surface area contributed by atoms with Crippen LogP contribution in [0.1, 0.15) is 94.2 Å². The molecule has 2 saturated heterocycles. The highest BCUT2D eigenvalue weighted by atomic mass is 16.7. The molecule has 1 unspecified atom stereocenters. The van der Waals surface area contributed by atoms with E-state index in [1.807, 2.05) is 0 Å². The molecule has 11 heteroatoms. The van der Waals surface area contributed by atoms with Crippen LogP contribution in [0.15, 0.2) is 0 Å². The second kappa shape index (κ2) is 10.8. The molecule has 38 heavy (non-hydrogen) atoms. The highest BCUT2D eigenvalue weighted by Crippen LogP contribution is 2.35. The zero-order valence-corrected chi connectivity index (χ0v) is 22.4. The first kappa shape index (κ1) is 25.5. The van der Waals surface area contributed by atoms with E-state index in [9.17, 15) is 9.59 Å². The van der Waals surface area contributed by atoms with Crippen molar-refractivity contribution in [3.63, 3.8) is 0 Å². The molecule has 11 nitrogen and oxygen atoms in total. The lowest BCUT2D eigenvalue weighted by Crippen LogP contribution is -2.32. The molecule has 4 fully saturated rings. The van der Waals surface area contributed by atoms with Crippen LogP contribution in [0.5, 0.6) is 0 Å². The lowest BCUT2D eigenvalue weighted by atomic mass is 9.80. The fourth-order valence-corrected chi connectivity index (χ4v) is 6.24. The van der Waals surface area contributed by atoms with Crippen LogP contribution in [0.25, 0.3) is 11.2 Å². The summed E-state index contributed by atoms with van der Waals surface area (Å²) >= 11 is 0. The van der Waals surface area contributed by atoms with Gasteiger partial charge in [-0.2, -0.15) is 0 Å². The predicted molar refractivity (Wildman–Crippen MR) is 140 cm³/mol. The van der Waals surface area contributed by atoms with Gasteiger partial charge in [-0.25, -0.2) is 19.7 Å². The molecule has 1 amide bonds. The third-order valence-corrected chi connectivity index (χ3v) is 9.02. The van der Waals surface area contributed by atoms with Gasteiger partial charge in [-0.3, -0.25) is 10.1 Å². The largest absolute Gasteiger partial charge is 0.427 e. The van der Waals surface area contributed by atoms with Gasteiger partial charge in [-0.1, -0.05) is 26.2 Å². The number of carbonyl (C=O) groups excluding carboxylic acids is 2. The van der Waals surface area contributed by atoms with Crippen molar-refractivity contribution in [2.75, 3.05) is 18.5 Å². The van der Waals surface area contributed by atoms with Gasteiger partial charge in [-0.15, -0.1) is 5.48 Å². The number of anilines is 1. The predicted octanol–water partition coefficient (Wildman–Crippen LogP) is 4.11. The maximum atomic E-state index is 13.9. The number of fused-ring (bicyclic) bond motifs is 1. The second-order valence-electron chi connectivity index (χ2n) is 11.7. The first-order chi connectivity index (χ1) is 18.5. The fraction of sp³-hybridized carbons (Fsp3) is 0.741. The summed E-state index contributed by atoms with van der Waals surface area (Å²) in [6.45, 7) is 6.43. The molecule has 3 N–H and O–H groups in total. The molecular weight excluding hydrogens is 486 g/mol. The van der Waals surface area contributed by atoms with Gasteiger partial charge in [-0.05, 0) is 63.2 Å². The lowest BCUT2D eigenvalue weighted by molar-refractivity contribution is 0.0534. The average Bonchev–Trinajstić information content (AvgIpc) is 3.48. The van der Waals surface area contributed by atoms with Crippen molar-refractivity contribution < 1.29 is 19.2 Å². The van der Waals surface area contributed by atoms with Crippen molar-refractivity contribution in [1.29, 1.82) is 0 Å². The molecular formula is C27H39N7O4. The van der Waals surface area contributed by atoms with Gasteiger partial charge in [0.1, 0.15) is 5.52 Å². The topological polar surface area (TPSA) is 132 Å². The normalized spacial score (nSPS) is 27.5. The monoisotopic (exact) mass is 525 g/mol. The minimum absolute atomic E-state index is 0.0608. The molecule has 0 spiro atoms. The van der Waals surface area contributed by atoms with Gasteiger partial charge in [0, 0.05) is 31.7 Å². The summed E-state index contributed by atoms with van der Waals surface area (Å²) in [6, 6.07) is 0.214. The van der Waals surface area contributed by atoms with Crippen molar-refractivity contribution in [1.82, 2.24) is 30.3 Å². The summed E-state index contributed by atoms with van der Waals surface area (Å²) < 4.78 is 7.63. The van der Waals surface area contributed by atoms with Crippen molar-refractivity contribution >= 4 is 28.9 Å². The Bertz CT molecular complexity index is 1180. The van der Waals surface area contributed by atoms with Crippen LogP contribution in [0.4, 0.5) is 10.6 Å². The van der Waals surface area contributed by atoms with Crippen molar-refractivity contribution in [3.8, 4) is 0 Å². The molecule has 2 aromatic rings. The van der Waals surface area contributed by atoms with Crippen LogP contribution in [0, 0.1) is 23.7 Å². The van der Waals surface area contributed by atoms with Crippen molar-refractivity contribution in [2.24, 2.45) is 23.7 Å². The number of nitrogens with one attached hydrogen (secondary N) is 3. The van der Waals surface area contributed by atoms with E-state index in [2.05, 4.69) is 34.5 Å². The highest BCUT2D eigenvalue weighted by molar-refractivity contribution is 5.99. The summed E-state index contributed by atoms with van der Waals surface area (Å²) in [5.74, 6) is 3.25. The summed E-state index contributed by atoms with van der Waals surface area (Å²) in [4.78, 5) is 44.9. The number of ether oxygens (including phenoxy) is 1. The van der Waals surface area contributed by atoms with Crippen LogP contribution in [-0.2, 0) is 16.1 Å². The molecule has 4 aliphatic rings. The molecule has 206 valence electrons. The summed E-state index contributed by atoms with van der Waals surface area (Å²) in [5, 5.41) is 6.34. The lowest BCUT2D eigenvalue weighted by Gasteiger charge is -2.32. The van der Waals surface area contributed by atoms with Crippen LogP contribution in [0.2, 0.25) is 0 Å². The number of hydrogen-bond acceptors (Lipinski definition) is 9. The van der Waals surface area contributed by atoms with Crippen molar-refractivity contribution in [3.05, 3.63) is 11.6 Å². The molecule has 0 bridgehead atoms. The number of amides is 1. The van der Waals surface area contributed by atoms with E-state index in [-0.39, 0.29) is 17.7 Å². The third kappa shape index (κ3) is 5.10. The van der Waals surface area contributed by atoms with E-state index in [0.29, 0.717) is 61.0 Å². The highest BCUT2D eigenvalue weighted by Gasteiger charge is 2.34. The third-order valence-electron chi connectivity index (χ3n) is 9.02. The number of hydrogen-bond donors (Lipinski definition) is 3. The van der Waals surface area contributed by atoms with Crippen molar-refractivity contribution in [2.45, 2.75) is 90.4 Å². The first-order valence-electron chi connectivity index (χ1n) is 14.4. The Hall–Kier alpha value is -2.79. The van der Waals surface area contributed by atoms with E-state index in [1.165, 1.54) is 32.1 Å². The molecule has 2 saturated carbocycles. The fourth-order valence-electron chi connectivity index (χ4n) is 6.24. The van der Waals surface area contributed by atoms with E-state index < -0.39 is 12.3 Å². The van der Waals surface area contributed by atoms with E-state index in [0.717, 1.165) is 30.8 Å². The Morgan fingerprint density at radius 1 is 1.08 bits per heavy atom. The molecule has 0 aromatic carbocycles. The molecule has 2 atom stereocenters. The Labute approximate surface area is 222 Å². The van der Waals surface area contributed by atoms with Gasteiger partial charge >= 0.3 is 6.09 Å². The average molecular weight is 526 g/mol. The minimum atomic E-state index is -0.689. The SMILES string of the molecule is CC1CCC(Cn2c(C(=O)C3CCOCC3)nc3nc(C4NOC(=O)N4)nc(N[C@H](C)C4CCC4)c32)CC1. The van der Waals surface area contributed by atoms with Crippen LogP contribution < -0.4 is 16.1 Å². The molecule has 2 aliphatic heterocycles. The van der Waals surface area contributed by atoms with Crippen LogP contribution >= 0.6 is 0 Å². The van der Waals surface area contributed by atoms with Crippen LogP contribution in [0.3, 0.4) is 0 Å². The van der Waals surface area contributed by atoms with Gasteiger partial charge in [0.15, 0.2) is 29.3 Å². The first-order valence-corrected chi connectivity index (χ1v) is 14.4. The van der Waals surface area contributed by atoms with Crippen LogP contribution in [-0.4, -0.2) is 50.7 Å². The number of rotatable bonds is 8. The minimum Gasteiger partial charge on any atom is -0.381 e. The summed E-state index contributed by atoms with van der Waals surface area (Å²) in [7, 11) is 0. The molecule has 0 radical (unpaired) electrons. The zero-order valence-electron chi connectivity index (χ0n) is 22.4. The zero-order chi connectivity index (χ0) is 26.2. The molecule has 2 aliphatic carbocycles. The number of nitrogens with zero attached hydrogens (tertiary/aromatic N) is 4. The number of hydroxylamine groups is 1. The second-order valence-corrected chi connectivity index (χ2v) is 11.7. The maximum Gasteiger partial charge on any atom is 0.427 e. The Kier molecular flexibility index (Phi) is 7.22. The quantitative estimate of drug-likeness (QED) is 0.436. The Morgan fingerprint density at radius 2 is 1.84 bits per heavy atom.